The zero-order chi connectivity index (χ0) is 12.3. The summed E-state index contributed by atoms with van der Waals surface area (Å²) in [6.07, 6.45) is 12.5. The molecule has 0 aromatic heterocycles. The minimum atomic E-state index is 0.0271. The van der Waals surface area contributed by atoms with Gasteiger partial charge in [0.25, 0.3) is 0 Å². The van der Waals surface area contributed by atoms with E-state index in [9.17, 15) is 5.11 Å². The van der Waals surface area contributed by atoms with Gasteiger partial charge in [0, 0.05) is 0 Å². The Labute approximate surface area is 111 Å². The highest BCUT2D eigenvalue weighted by Gasteiger charge is 2.57. The maximum absolute atomic E-state index is 9.90. The van der Waals surface area contributed by atoms with Crippen LogP contribution in [0.25, 0.3) is 0 Å². The van der Waals surface area contributed by atoms with Gasteiger partial charge in [-0.2, -0.15) is 0 Å². The van der Waals surface area contributed by atoms with Crippen LogP contribution in [0.2, 0.25) is 0 Å². The van der Waals surface area contributed by atoms with E-state index >= 15 is 0 Å². The largest absolute Gasteiger partial charge is 0.393 e. The fraction of sp³-hybridized carbons (Fsp3) is 1.00. The van der Waals surface area contributed by atoms with Crippen molar-refractivity contribution in [3.63, 3.8) is 0 Å². The Morgan fingerprint density at radius 1 is 0.944 bits per heavy atom. The number of rotatable bonds is 0. The highest BCUT2D eigenvalue weighted by atomic mass is 16.3. The summed E-state index contributed by atoms with van der Waals surface area (Å²) < 4.78 is 0. The lowest BCUT2D eigenvalue weighted by Crippen LogP contribution is -2.39. The summed E-state index contributed by atoms with van der Waals surface area (Å²) >= 11 is 0. The summed E-state index contributed by atoms with van der Waals surface area (Å²) in [7, 11) is 0. The first-order valence-corrected chi connectivity index (χ1v) is 8.35. The third kappa shape index (κ3) is 1.55. The lowest BCUT2D eigenvalue weighted by Gasteiger charge is -2.45. The minimum Gasteiger partial charge on any atom is -0.393 e. The SMILES string of the molecule is CC12CCCC1C1CCC3CC(O)CCC3C1C2. The van der Waals surface area contributed by atoms with Gasteiger partial charge in [0.2, 0.25) is 0 Å². The van der Waals surface area contributed by atoms with Crippen LogP contribution in [-0.2, 0) is 0 Å². The normalized spacial score (nSPS) is 59.0. The molecule has 1 heteroatoms. The van der Waals surface area contributed by atoms with E-state index in [0.717, 1.165) is 42.4 Å². The predicted octanol–water partition coefficient (Wildman–Crippen LogP) is 4.00. The van der Waals surface area contributed by atoms with Crippen LogP contribution in [-0.4, -0.2) is 11.2 Å². The number of hydrogen-bond acceptors (Lipinski definition) is 1. The molecule has 4 rings (SSSR count). The Morgan fingerprint density at radius 2 is 1.78 bits per heavy atom. The zero-order valence-corrected chi connectivity index (χ0v) is 11.8. The first kappa shape index (κ1) is 11.8. The fourth-order valence-electron chi connectivity index (χ4n) is 6.68. The van der Waals surface area contributed by atoms with Crippen LogP contribution < -0.4 is 0 Å². The van der Waals surface area contributed by atoms with Crippen LogP contribution in [0.1, 0.15) is 64.7 Å². The third-order valence-corrected chi connectivity index (χ3v) is 7.36. The molecule has 18 heavy (non-hydrogen) atoms. The standard InChI is InChI=1S/C17H28O/c1-17-8-2-3-16(17)14-6-4-11-9-12(18)5-7-13(11)15(14)10-17/h11-16,18H,2-10H2,1H3. The number of aliphatic hydroxyl groups is 1. The van der Waals surface area contributed by atoms with Gasteiger partial charge in [-0.05, 0) is 86.4 Å². The van der Waals surface area contributed by atoms with Crippen LogP contribution >= 0.6 is 0 Å². The molecule has 0 aliphatic heterocycles. The average Bonchev–Trinajstić information content (AvgIpc) is 2.82. The van der Waals surface area contributed by atoms with E-state index in [0.29, 0.717) is 5.41 Å². The van der Waals surface area contributed by atoms with Crippen molar-refractivity contribution < 1.29 is 5.11 Å². The molecule has 0 spiro atoms. The second-order valence-corrected chi connectivity index (χ2v) is 8.15. The van der Waals surface area contributed by atoms with Crippen molar-refractivity contribution in [2.24, 2.45) is 35.0 Å². The summed E-state index contributed by atoms with van der Waals surface area (Å²) in [4.78, 5) is 0. The monoisotopic (exact) mass is 248 g/mol. The molecule has 0 heterocycles. The van der Waals surface area contributed by atoms with Crippen molar-refractivity contribution in [1.29, 1.82) is 0 Å². The summed E-state index contributed by atoms with van der Waals surface area (Å²) in [6.45, 7) is 2.59. The molecule has 1 nitrogen and oxygen atoms in total. The molecule has 4 aliphatic rings. The molecule has 0 aromatic carbocycles. The first-order chi connectivity index (χ1) is 8.67. The van der Waals surface area contributed by atoms with E-state index in [2.05, 4.69) is 6.92 Å². The summed E-state index contributed by atoms with van der Waals surface area (Å²) in [5.41, 5.74) is 0.709. The van der Waals surface area contributed by atoms with E-state index in [-0.39, 0.29) is 6.10 Å². The predicted molar refractivity (Wildman–Crippen MR) is 73.1 cm³/mol. The van der Waals surface area contributed by atoms with Gasteiger partial charge in [-0.25, -0.2) is 0 Å². The average molecular weight is 248 g/mol. The highest BCUT2D eigenvalue weighted by molar-refractivity contribution is 5.06. The molecular formula is C17H28O. The van der Waals surface area contributed by atoms with Gasteiger partial charge in [-0.1, -0.05) is 13.3 Å². The molecule has 0 amide bonds. The molecule has 7 unspecified atom stereocenters. The molecule has 4 saturated carbocycles. The van der Waals surface area contributed by atoms with E-state index in [1.54, 1.807) is 0 Å². The van der Waals surface area contributed by atoms with Gasteiger partial charge < -0.3 is 5.11 Å². The minimum absolute atomic E-state index is 0.0271. The van der Waals surface area contributed by atoms with E-state index in [1.165, 1.54) is 44.9 Å². The zero-order valence-electron chi connectivity index (χ0n) is 11.8. The Kier molecular flexibility index (Phi) is 2.60. The van der Waals surface area contributed by atoms with Crippen molar-refractivity contribution in [3.05, 3.63) is 0 Å². The molecule has 0 saturated heterocycles. The van der Waals surface area contributed by atoms with Gasteiger partial charge in [-0.3, -0.25) is 0 Å². The second-order valence-electron chi connectivity index (χ2n) is 8.15. The van der Waals surface area contributed by atoms with Gasteiger partial charge in [0.1, 0.15) is 0 Å². The quantitative estimate of drug-likeness (QED) is 0.687. The number of hydrogen-bond donors (Lipinski definition) is 1. The number of aliphatic hydroxyl groups excluding tert-OH is 1. The lowest BCUT2D eigenvalue weighted by atomic mass is 9.61. The Morgan fingerprint density at radius 3 is 2.67 bits per heavy atom. The van der Waals surface area contributed by atoms with Crippen LogP contribution in [0.5, 0.6) is 0 Å². The molecule has 0 bridgehead atoms. The molecule has 0 radical (unpaired) electrons. The van der Waals surface area contributed by atoms with Crippen LogP contribution in [0.15, 0.2) is 0 Å². The molecule has 4 fully saturated rings. The second kappa shape index (κ2) is 3.98. The van der Waals surface area contributed by atoms with Crippen LogP contribution in [0, 0.1) is 35.0 Å². The summed E-state index contributed by atoms with van der Waals surface area (Å²) in [5.74, 6) is 5.02. The van der Waals surface area contributed by atoms with Gasteiger partial charge in [-0.15, -0.1) is 0 Å². The first-order valence-electron chi connectivity index (χ1n) is 8.35. The highest BCUT2D eigenvalue weighted by Crippen LogP contribution is 2.65. The fourth-order valence-corrected chi connectivity index (χ4v) is 6.68. The van der Waals surface area contributed by atoms with Crippen LogP contribution in [0.4, 0.5) is 0 Å². The van der Waals surface area contributed by atoms with Crippen molar-refractivity contribution >= 4 is 0 Å². The van der Waals surface area contributed by atoms with Crippen molar-refractivity contribution in [1.82, 2.24) is 0 Å². The Bertz CT molecular complexity index is 339. The van der Waals surface area contributed by atoms with Gasteiger partial charge in [0.15, 0.2) is 0 Å². The van der Waals surface area contributed by atoms with E-state index < -0.39 is 0 Å². The van der Waals surface area contributed by atoms with E-state index in [4.69, 9.17) is 0 Å². The van der Waals surface area contributed by atoms with Crippen molar-refractivity contribution in [2.75, 3.05) is 0 Å². The molecule has 7 atom stereocenters. The smallest absolute Gasteiger partial charge is 0.0543 e. The van der Waals surface area contributed by atoms with Gasteiger partial charge in [0.05, 0.1) is 6.10 Å². The lowest BCUT2D eigenvalue weighted by molar-refractivity contribution is 0.000183. The summed E-state index contributed by atoms with van der Waals surface area (Å²) in [5, 5.41) is 9.90. The topological polar surface area (TPSA) is 20.2 Å². The van der Waals surface area contributed by atoms with Crippen LogP contribution in [0.3, 0.4) is 0 Å². The van der Waals surface area contributed by atoms with Crippen molar-refractivity contribution in [3.8, 4) is 0 Å². The third-order valence-electron chi connectivity index (χ3n) is 7.36. The molecule has 1 N–H and O–H groups in total. The Balaban J connectivity index is 1.58. The molecular weight excluding hydrogens is 220 g/mol. The molecule has 4 aliphatic carbocycles. The Hall–Kier alpha value is -0.0400. The van der Waals surface area contributed by atoms with Gasteiger partial charge >= 0.3 is 0 Å². The van der Waals surface area contributed by atoms with E-state index in [1.807, 2.05) is 0 Å². The molecule has 102 valence electrons. The molecule has 0 aromatic rings. The maximum Gasteiger partial charge on any atom is 0.0543 e. The number of fused-ring (bicyclic) bond motifs is 5. The maximum atomic E-state index is 9.90. The van der Waals surface area contributed by atoms with Crippen molar-refractivity contribution in [2.45, 2.75) is 70.8 Å². The summed E-state index contributed by atoms with van der Waals surface area (Å²) in [6, 6.07) is 0.